The Morgan fingerprint density at radius 1 is 1.75 bits per heavy atom. The summed E-state index contributed by atoms with van der Waals surface area (Å²) in [4.78, 5) is 4.03. The molecule has 0 aliphatic carbocycles. The Labute approximate surface area is 71.2 Å². The predicted molar refractivity (Wildman–Crippen MR) is 47.8 cm³/mol. The summed E-state index contributed by atoms with van der Waals surface area (Å²) in [5.74, 6) is 1.30. The van der Waals surface area contributed by atoms with Gasteiger partial charge in [-0.25, -0.2) is 4.98 Å². The minimum atomic E-state index is 0.180. The van der Waals surface area contributed by atoms with E-state index in [4.69, 9.17) is 10.8 Å². The zero-order valence-corrected chi connectivity index (χ0v) is 7.12. The van der Waals surface area contributed by atoms with Gasteiger partial charge < -0.3 is 20.7 Å². The number of nitrogens with one attached hydrogen (secondary N) is 1. The van der Waals surface area contributed by atoms with Crippen LogP contribution in [0.5, 0.6) is 0 Å². The standard InChI is InChI=1S/C7H14N4O/c1-11-5-10-7(6(11)8)9-3-2-4-12/h5,9,12H,2-4,8H2,1H3. The van der Waals surface area contributed by atoms with Crippen LogP contribution in [0.2, 0.25) is 0 Å². The number of anilines is 2. The van der Waals surface area contributed by atoms with Crippen molar-refractivity contribution in [3.05, 3.63) is 6.33 Å². The fraction of sp³-hybridized carbons (Fsp3) is 0.571. The molecule has 0 saturated carbocycles. The van der Waals surface area contributed by atoms with E-state index in [-0.39, 0.29) is 6.61 Å². The Kier molecular flexibility index (Phi) is 2.93. The normalized spacial score (nSPS) is 10.2. The molecule has 0 spiro atoms. The third-order valence-electron chi connectivity index (χ3n) is 1.61. The van der Waals surface area contributed by atoms with Crippen molar-refractivity contribution in [2.45, 2.75) is 6.42 Å². The van der Waals surface area contributed by atoms with Crippen LogP contribution in [0.25, 0.3) is 0 Å². The molecule has 0 saturated heterocycles. The molecule has 0 radical (unpaired) electrons. The molecule has 0 unspecified atom stereocenters. The van der Waals surface area contributed by atoms with Gasteiger partial charge in [-0.2, -0.15) is 0 Å². The summed E-state index contributed by atoms with van der Waals surface area (Å²) in [6, 6.07) is 0. The van der Waals surface area contributed by atoms with Crippen molar-refractivity contribution >= 4 is 11.6 Å². The fourth-order valence-electron chi connectivity index (χ4n) is 0.862. The minimum Gasteiger partial charge on any atom is -0.396 e. The van der Waals surface area contributed by atoms with Crippen LogP contribution in [-0.4, -0.2) is 27.8 Å². The van der Waals surface area contributed by atoms with Gasteiger partial charge in [0.2, 0.25) is 0 Å². The molecule has 12 heavy (non-hydrogen) atoms. The summed E-state index contributed by atoms with van der Waals surface area (Å²) in [7, 11) is 1.83. The number of hydrogen-bond donors (Lipinski definition) is 3. The van der Waals surface area contributed by atoms with E-state index in [9.17, 15) is 0 Å². The van der Waals surface area contributed by atoms with Crippen molar-refractivity contribution in [3.63, 3.8) is 0 Å². The molecule has 0 atom stereocenters. The largest absolute Gasteiger partial charge is 0.396 e. The lowest BCUT2D eigenvalue weighted by Gasteiger charge is -2.02. The van der Waals surface area contributed by atoms with Crippen molar-refractivity contribution in [2.75, 3.05) is 24.2 Å². The first-order valence-corrected chi connectivity index (χ1v) is 3.87. The van der Waals surface area contributed by atoms with Crippen molar-refractivity contribution in [1.82, 2.24) is 9.55 Å². The van der Waals surface area contributed by atoms with Gasteiger partial charge in [0.25, 0.3) is 0 Å². The van der Waals surface area contributed by atoms with E-state index >= 15 is 0 Å². The molecule has 0 amide bonds. The Morgan fingerprint density at radius 3 is 3.00 bits per heavy atom. The van der Waals surface area contributed by atoms with Gasteiger partial charge in [0.1, 0.15) is 5.82 Å². The summed E-state index contributed by atoms with van der Waals surface area (Å²) in [6.07, 6.45) is 2.35. The lowest BCUT2D eigenvalue weighted by Crippen LogP contribution is -2.06. The summed E-state index contributed by atoms with van der Waals surface area (Å²) < 4.78 is 1.74. The average Bonchev–Trinajstić information content (AvgIpc) is 2.36. The Morgan fingerprint density at radius 2 is 2.50 bits per heavy atom. The number of aryl methyl sites for hydroxylation is 1. The Bertz CT molecular complexity index is 246. The highest BCUT2D eigenvalue weighted by atomic mass is 16.3. The number of aromatic nitrogens is 2. The van der Waals surface area contributed by atoms with Crippen molar-refractivity contribution < 1.29 is 5.11 Å². The van der Waals surface area contributed by atoms with Gasteiger partial charge in [0.05, 0.1) is 6.33 Å². The van der Waals surface area contributed by atoms with Crippen molar-refractivity contribution in [3.8, 4) is 0 Å². The van der Waals surface area contributed by atoms with Crippen LogP contribution < -0.4 is 11.1 Å². The number of nitrogens with two attached hydrogens (primary N) is 1. The summed E-state index contributed by atoms with van der Waals surface area (Å²) in [6.45, 7) is 0.872. The number of nitrogens with zero attached hydrogens (tertiary/aromatic N) is 2. The van der Waals surface area contributed by atoms with E-state index in [1.54, 1.807) is 10.9 Å². The molecule has 0 aromatic carbocycles. The molecule has 1 aromatic heterocycles. The zero-order chi connectivity index (χ0) is 8.97. The first-order chi connectivity index (χ1) is 5.75. The maximum Gasteiger partial charge on any atom is 0.168 e. The molecular weight excluding hydrogens is 156 g/mol. The number of imidazole rings is 1. The number of aliphatic hydroxyl groups is 1. The molecule has 5 heteroatoms. The van der Waals surface area contributed by atoms with E-state index in [1.165, 1.54) is 0 Å². The highest BCUT2D eigenvalue weighted by molar-refractivity contribution is 5.56. The maximum absolute atomic E-state index is 8.52. The van der Waals surface area contributed by atoms with Crippen LogP contribution in [0.4, 0.5) is 11.6 Å². The van der Waals surface area contributed by atoms with Gasteiger partial charge in [-0.3, -0.25) is 0 Å². The van der Waals surface area contributed by atoms with Crippen LogP contribution in [0.3, 0.4) is 0 Å². The SMILES string of the molecule is Cn1cnc(NCCCO)c1N. The number of hydrogen-bond acceptors (Lipinski definition) is 4. The van der Waals surface area contributed by atoms with E-state index in [2.05, 4.69) is 10.3 Å². The monoisotopic (exact) mass is 170 g/mol. The molecule has 1 rings (SSSR count). The molecule has 0 bridgehead atoms. The summed E-state index contributed by atoms with van der Waals surface area (Å²) >= 11 is 0. The van der Waals surface area contributed by atoms with Crippen LogP contribution in [0.1, 0.15) is 6.42 Å². The van der Waals surface area contributed by atoms with Gasteiger partial charge in [-0.1, -0.05) is 0 Å². The quantitative estimate of drug-likeness (QED) is 0.547. The number of rotatable bonds is 4. The summed E-state index contributed by atoms with van der Waals surface area (Å²) in [5, 5.41) is 11.5. The highest BCUT2D eigenvalue weighted by Crippen LogP contribution is 2.13. The lowest BCUT2D eigenvalue weighted by atomic mass is 10.4. The van der Waals surface area contributed by atoms with Crippen LogP contribution >= 0.6 is 0 Å². The average molecular weight is 170 g/mol. The fourth-order valence-corrected chi connectivity index (χ4v) is 0.862. The predicted octanol–water partition coefficient (Wildman–Crippen LogP) is -0.203. The smallest absolute Gasteiger partial charge is 0.168 e. The first-order valence-electron chi connectivity index (χ1n) is 3.87. The number of nitrogen functional groups attached to an aromatic ring is 1. The molecule has 0 aliphatic rings. The van der Waals surface area contributed by atoms with E-state index in [1.807, 2.05) is 7.05 Å². The van der Waals surface area contributed by atoms with Gasteiger partial charge >= 0.3 is 0 Å². The molecular formula is C7H14N4O. The van der Waals surface area contributed by atoms with Gasteiger partial charge in [0, 0.05) is 20.2 Å². The molecule has 5 nitrogen and oxygen atoms in total. The van der Waals surface area contributed by atoms with Gasteiger partial charge in [-0.05, 0) is 6.42 Å². The lowest BCUT2D eigenvalue weighted by molar-refractivity contribution is 0.292. The minimum absolute atomic E-state index is 0.180. The maximum atomic E-state index is 8.52. The van der Waals surface area contributed by atoms with Gasteiger partial charge in [-0.15, -0.1) is 0 Å². The second-order valence-corrected chi connectivity index (χ2v) is 2.59. The van der Waals surface area contributed by atoms with Gasteiger partial charge in [0.15, 0.2) is 5.82 Å². The second-order valence-electron chi connectivity index (χ2n) is 2.59. The molecule has 68 valence electrons. The second kappa shape index (κ2) is 3.96. The van der Waals surface area contributed by atoms with Crippen LogP contribution in [0, 0.1) is 0 Å². The Balaban J connectivity index is 2.46. The Hall–Kier alpha value is -1.23. The highest BCUT2D eigenvalue weighted by Gasteiger charge is 2.02. The summed E-state index contributed by atoms with van der Waals surface area (Å²) in [5.41, 5.74) is 5.66. The van der Waals surface area contributed by atoms with Crippen LogP contribution in [0.15, 0.2) is 6.33 Å². The molecule has 4 N–H and O–H groups in total. The molecule has 0 fully saturated rings. The molecule has 1 aromatic rings. The topological polar surface area (TPSA) is 76.1 Å². The van der Waals surface area contributed by atoms with Crippen molar-refractivity contribution in [2.24, 2.45) is 7.05 Å². The number of aliphatic hydroxyl groups excluding tert-OH is 1. The molecule has 1 heterocycles. The van der Waals surface area contributed by atoms with E-state index in [0.29, 0.717) is 24.6 Å². The van der Waals surface area contributed by atoms with Crippen LogP contribution in [-0.2, 0) is 7.05 Å². The molecule has 0 aliphatic heterocycles. The van der Waals surface area contributed by atoms with E-state index < -0.39 is 0 Å². The third-order valence-corrected chi connectivity index (χ3v) is 1.61. The zero-order valence-electron chi connectivity index (χ0n) is 7.12. The van der Waals surface area contributed by atoms with Crippen molar-refractivity contribution in [1.29, 1.82) is 0 Å². The third kappa shape index (κ3) is 1.88. The first kappa shape index (κ1) is 8.86. The van der Waals surface area contributed by atoms with E-state index in [0.717, 1.165) is 0 Å².